The fourth-order valence-electron chi connectivity index (χ4n) is 1.29. The van der Waals surface area contributed by atoms with E-state index < -0.39 is 30.4 Å². The molecule has 0 saturated heterocycles. The van der Waals surface area contributed by atoms with Crippen molar-refractivity contribution in [1.29, 1.82) is 0 Å². The number of nitrogens with zero attached hydrogens (tertiary/aromatic N) is 1. The van der Waals surface area contributed by atoms with E-state index in [0.717, 1.165) is 0 Å². The van der Waals surface area contributed by atoms with Crippen molar-refractivity contribution >= 4 is 17.9 Å². The van der Waals surface area contributed by atoms with E-state index >= 15 is 0 Å². The van der Waals surface area contributed by atoms with E-state index in [4.69, 9.17) is 9.84 Å². The number of carbonyl (C=O) groups excluding carboxylic acids is 2. The molecule has 0 aromatic heterocycles. The molecule has 0 fully saturated rings. The van der Waals surface area contributed by atoms with Crippen molar-refractivity contribution in [2.24, 2.45) is 0 Å². The van der Waals surface area contributed by atoms with E-state index in [1.807, 2.05) is 0 Å². The number of likely N-dealkylation sites (N-methyl/N-ethyl adjacent to an activating group) is 1. The minimum atomic E-state index is -1.55. The normalized spacial score (nSPS) is 12.9. The number of hydrogen-bond donors (Lipinski definition) is 1. The summed E-state index contributed by atoms with van der Waals surface area (Å²) in [6.07, 6.45) is -2.07. The van der Waals surface area contributed by atoms with Gasteiger partial charge in [-0.05, 0) is 0 Å². The lowest BCUT2D eigenvalue weighted by Gasteiger charge is -2.28. The summed E-state index contributed by atoms with van der Waals surface area (Å²) in [7, 11) is 5.42. The molecule has 1 atom stereocenters. The van der Waals surface area contributed by atoms with Crippen molar-refractivity contribution in [3.05, 3.63) is 0 Å². The van der Waals surface area contributed by atoms with Crippen molar-refractivity contribution in [2.75, 3.05) is 27.7 Å². The Morgan fingerprint density at radius 1 is 1.29 bits per heavy atom. The van der Waals surface area contributed by atoms with E-state index in [9.17, 15) is 19.5 Å². The average molecular weight is 247 g/mol. The molecule has 0 amide bonds. The topological polar surface area (TPSA) is 104 Å². The number of carbonyl (C=O) groups is 3. The Morgan fingerprint density at radius 2 is 1.82 bits per heavy atom. The zero-order chi connectivity index (χ0) is 13.6. The van der Waals surface area contributed by atoms with Crippen LogP contribution >= 0.6 is 0 Å². The summed E-state index contributed by atoms with van der Waals surface area (Å²) < 4.78 is 5.19. The second-order valence-corrected chi connectivity index (χ2v) is 4.73. The number of esters is 1. The SMILES string of the molecule is C[N+](C)(C)C[C@H](CC(=O)O)OC(=O)CC(=O)[O-]. The van der Waals surface area contributed by atoms with Crippen molar-refractivity contribution < 1.29 is 33.8 Å². The van der Waals surface area contributed by atoms with E-state index in [1.54, 1.807) is 21.1 Å². The van der Waals surface area contributed by atoms with Crippen molar-refractivity contribution in [1.82, 2.24) is 0 Å². The van der Waals surface area contributed by atoms with Crippen LogP contribution in [0.1, 0.15) is 12.8 Å². The first-order valence-electron chi connectivity index (χ1n) is 5.01. The smallest absolute Gasteiger partial charge is 0.312 e. The Kier molecular flexibility index (Phi) is 5.60. The lowest BCUT2D eigenvalue weighted by molar-refractivity contribution is -0.873. The maximum Gasteiger partial charge on any atom is 0.312 e. The van der Waals surface area contributed by atoms with Gasteiger partial charge in [-0.3, -0.25) is 9.59 Å². The summed E-state index contributed by atoms with van der Waals surface area (Å²) in [6, 6.07) is 0. The summed E-state index contributed by atoms with van der Waals surface area (Å²) in [5, 5.41) is 18.8. The summed E-state index contributed by atoms with van der Waals surface area (Å²) >= 11 is 0. The van der Waals surface area contributed by atoms with Gasteiger partial charge in [0.2, 0.25) is 0 Å². The fourth-order valence-corrected chi connectivity index (χ4v) is 1.29. The molecule has 1 N–H and O–H groups in total. The van der Waals surface area contributed by atoms with Crippen molar-refractivity contribution in [2.45, 2.75) is 18.9 Å². The zero-order valence-corrected chi connectivity index (χ0v) is 10.1. The molecule has 0 radical (unpaired) electrons. The monoisotopic (exact) mass is 247 g/mol. The molecule has 0 aliphatic carbocycles. The van der Waals surface area contributed by atoms with Crippen LogP contribution < -0.4 is 5.11 Å². The molecule has 0 aliphatic rings. The highest BCUT2D eigenvalue weighted by atomic mass is 16.5. The van der Waals surface area contributed by atoms with Gasteiger partial charge in [-0.25, -0.2) is 0 Å². The number of rotatable bonds is 7. The second kappa shape index (κ2) is 6.19. The minimum absolute atomic E-state index is 0.283. The highest BCUT2D eigenvalue weighted by Gasteiger charge is 2.24. The van der Waals surface area contributed by atoms with Crippen LogP contribution in [0.15, 0.2) is 0 Å². The third-order valence-corrected chi connectivity index (χ3v) is 1.74. The number of carboxylic acid groups (broad SMARTS) is 2. The zero-order valence-electron chi connectivity index (χ0n) is 10.1. The molecule has 0 spiro atoms. The van der Waals surface area contributed by atoms with E-state index in [1.165, 1.54) is 0 Å². The standard InChI is InChI=1S/C10H17NO6/c1-11(2,3)6-7(4-8(12)13)17-10(16)5-9(14)15/h7H,4-6H2,1-3H3,(H-,12,13,14,15)/t7-/m0/s1. The molecule has 0 bridgehead atoms. The predicted octanol–water partition coefficient (Wildman–Crippen LogP) is -1.78. The lowest BCUT2D eigenvalue weighted by atomic mass is 10.2. The minimum Gasteiger partial charge on any atom is -0.550 e. The van der Waals surface area contributed by atoms with Crippen LogP contribution in [-0.2, 0) is 19.1 Å². The Labute approximate surface area is 99.2 Å². The first kappa shape index (κ1) is 15.4. The van der Waals surface area contributed by atoms with Gasteiger partial charge in [-0.2, -0.15) is 0 Å². The second-order valence-electron chi connectivity index (χ2n) is 4.73. The number of carboxylic acids is 2. The van der Waals surface area contributed by atoms with Gasteiger partial charge in [0.1, 0.15) is 6.54 Å². The third-order valence-electron chi connectivity index (χ3n) is 1.74. The molecule has 7 nitrogen and oxygen atoms in total. The van der Waals surface area contributed by atoms with Crippen molar-refractivity contribution in [3.8, 4) is 0 Å². The molecular weight excluding hydrogens is 230 g/mol. The molecule has 0 aromatic carbocycles. The maximum atomic E-state index is 11.1. The number of quaternary nitrogens is 1. The van der Waals surface area contributed by atoms with Crippen LogP contribution in [0.25, 0.3) is 0 Å². The van der Waals surface area contributed by atoms with Gasteiger partial charge in [0.15, 0.2) is 6.10 Å². The van der Waals surface area contributed by atoms with E-state index in [2.05, 4.69) is 0 Å². The highest BCUT2D eigenvalue weighted by molar-refractivity contribution is 5.89. The molecule has 0 rings (SSSR count). The van der Waals surface area contributed by atoms with Crippen LogP contribution in [0.4, 0.5) is 0 Å². The number of hydrogen-bond acceptors (Lipinski definition) is 5. The van der Waals surface area contributed by atoms with E-state index in [-0.39, 0.29) is 13.0 Å². The van der Waals surface area contributed by atoms with Crippen LogP contribution in [0.3, 0.4) is 0 Å². The van der Waals surface area contributed by atoms with Gasteiger partial charge >= 0.3 is 11.9 Å². The number of ether oxygens (including phenoxy) is 1. The molecule has 17 heavy (non-hydrogen) atoms. The Bertz CT molecular complexity index is 306. The van der Waals surface area contributed by atoms with Gasteiger partial charge in [0.25, 0.3) is 0 Å². The molecule has 0 aromatic rings. The summed E-state index contributed by atoms with van der Waals surface area (Å²) in [4.78, 5) is 31.8. The van der Waals surface area contributed by atoms with Crippen LogP contribution in [0, 0.1) is 0 Å². The van der Waals surface area contributed by atoms with Gasteiger partial charge in [0.05, 0.1) is 40.0 Å². The maximum absolute atomic E-state index is 11.1. The Hall–Kier alpha value is -1.63. The Morgan fingerprint density at radius 3 is 2.18 bits per heavy atom. The lowest BCUT2D eigenvalue weighted by Crippen LogP contribution is -2.44. The number of aliphatic carboxylic acids is 2. The Balaban J connectivity index is 4.43. The summed E-state index contributed by atoms with van der Waals surface area (Å²) in [5.74, 6) is -3.64. The fraction of sp³-hybridized carbons (Fsp3) is 0.700. The summed E-state index contributed by atoms with van der Waals surface area (Å²) in [5.41, 5.74) is 0. The van der Waals surface area contributed by atoms with Gasteiger partial charge in [-0.1, -0.05) is 0 Å². The molecule has 0 heterocycles. The molecular formula is C10H17NO6. The third kappa shape index (κ3) is 9.31. The molecule has 7 heteroatoms. The quantitative estimate of drug-likeness (QED) is 0.324. The van der Waals surface area contributed by atoms with Crippen molar-refractivity contribution in [3.63, 3.8) is 0 Å². The molecule has 0 saturated carbocycles. The first-order valence-corrected chi connectivity index (χ1v) is 5.01. The molecule has 0 aliphatic heterocycles. The van der Waals surface area contributed by atoms with Gasteiger partial charge in [0, 0.05) is 0 Å². The van der Waals surface area contributed by atoms with Gasteiger partial charge < -0.3 is 24.2 Å². The molecule has 0 unspecified atom stereocenters. The highest BCUT2D eigenvalue weighted by Crippen LogP contribution is 2.06. The summed E-state index contributed by atoms with van der Waals surface area (Å²) in [6.45, 7) is 0.283. The largest absolute Gasteiger partial charge is 0.550 e. The van der Waals surface area contributed by atoms with Crippen LogP contribution in [-0.4, -0.2) is 61.3 Å². The average Bonchev–Trinajstić information content (AvgIpc) is 1.95. The predicted molar refractivity (Wildman–Crippen MR) is 54.7 cm³/mol. The molecule has 98 valence electrons. The van der Waals surface area contributed by atoms with Gasteiger partial charge in [-0.15, -0.1) is 0 Å². The van der Waals surface area contributed by atoms with Crippen LogP contribution in [0.5, 0.6) is 0 Å². The first-order chi connectivity index (χ1) is 7.60. The van der Waals surface area contributed by atoms with E-state index in [0.29, 0.717) is 4.48 Å². The van der Waals surface area contributed by atoms with Crippen LogP contribution in [0.2, 0.25) is 0 Å².